The van der Waals surface area contributed by atoms with Crippen LogP contribution in [0.15, 0.2) is 48.0 Å². The molecule has 2 aromatic rings. The summed E-state index contributed by atoms with van der Waals surface area (Å²) in [6, 6.07) is 15.8. The molecule has 0 aromatic heterocycles. The van der Waals surface area contributed by atoms with Crippen LogP contribution < -0.4 is 0 Å². The number of rotatable bonds is 3. The predicted octanol–water partition coefficient (Wildman–Crippen LogP) is 4.36. The lowest BCUT2D eigenvalue weighted by molar-refractivity contribution is 0.0414. The van der Waals surface area contributed by atoms with Gasteiger partial charge in [-0.1, -0.05) is 36.4 Å². The van der Waals surface area contributed by atoms with E-state index in [0.717, 1.165) is 44.7 Å². The molecule has 2 aromatic carbocycles. The minimum atomic E-state index is 0.798. The highest BCUT2D eigenvalue weighted by Crippen LogP contribution is 2.52. The van der Waals surface area contributed by atoms with Crippen molar-refractivity contribution in [3.63, 3.8) is 0 Å². The molecular weight excluding hydrogens is 294 g/mol. The maximum atomic E-state index is 5.53. The standard InChI is InChI=1S/C22H25NO/c1-2-4-17-13-19(7-5-16(17)3-1)22-20-8-6-18(14-20)21(22)15-23-9-11-24-12-10-23/h1-5,7,13,18,20H,6,8-12,14-15H2. The topological polar surface area (TPSA) is 12.5 Å². The molecule has 5 rings (SSSR count). The molecule has 1 saturated carbocycles. The van der Waals surface area contributed by atoms with Crippen molar-refractivity contribution in [3.05, 3.63) is 53.6 Å². The molecule has 2 nitrogen and oxygen atoms in total. The van der Waals surface area contributed by atoms with Crippen molar-refractivity contribution in [2.75, 3.05) is 32.8 Å². The highest BCUT2D eigenvalue weighted by Gasteiger charge is 2.39. The predicted molar refractivity (Wildman–Crippen MR) is 99.0 cm³/mol. The van der Waals surface area contributed by atoms with Crippen molar-refractivity contribution in [3.8, 4) is 0 Å². The lowest BCUT2D eigenvalue weighted by atomic mass is 9.86. The molecule has 3 aliphatic rings. The number of ether oxygens (including phenoxy) is 1. The van der Waals surface area contributed by atoms with E-state index in [1.165, 1.54) is 35.6 Å². The van der Waals surface area contributed by atoms with Crippen LogP contribution in [-0.2, 0) is 4.74 Å². The zero-order valence-corrected chi connectivity index (χ0v) is 14.2. The summed E-state index contributed by atoms with van der Waals surface area (Å²) >= 11 is 0. The molecule has 2 fully saturated rings. The largest absolute Gasteiger partial charge is 0.379 e. The maximum absolute atomic E-state index is 5.53. The number of hydrogen-bond acceptors (Lipinski definition) is 2. The molecule has 0 radical (unpaired) electrons. The van der Waals surface area contributed by atoms with Crippen LogP contribution in [0.25, 0.3) is 16.3 Å². The van der Waals surface area contributed by atoms with E-state index >= 15 is 0 Å². The van der Waals surface area contributed by atoms with E-state index in [2.05, 4.69) is 47.4 Å². The average molecular weight is 319 g/mol. The summed E-state index contributed by atoms with van der Waals surface area (Å²) in [4.78, 5) is 2.60. The first-order chi connectivity index (χ1) is 11.9. The Kier molecular flexibility index (Phi) is 3.68. The van der Waals surface area contributed by atoms with E-state index in [9.17, 15) is 0 Å². The maximum Gasteiger partial charge on any atom is 0.0594 e. The highest BCUT2D eigenvalue weighted by molar-refractivity contribution is 5.87. The number of allylic oxidation sites excluding steroid dienone is 1. The van der Waals surface area contributed by atoms with Gasteiger partial charge < -0.3 is 4.74 Å². The fourth-order valence-corrected chi connectivity index (χ4v) is 5.03. The van der Waals surface area contributed by atoms with Gasteiger partial charge in [0.1, 0.15) is 0 Å². The van der Waals surface area contributed by atoms with E-state index in [1.54, 1.807) is 11.1 Å². The van der Waals surface area contributed by atoms with Crippen molar-refractivity contribution in [2.24, 2.45) is 11.8 Å². The van der Waals surface area contributed by atoms with E-state index in [-0.39, 0.29) is 0 Å². The van der Waals surface area contributed by atoms with E-state index in [0.29, 0.717) is 0 Å². The van der Waals surface area contributed by atoms with E-state index in [1.807, 2.05) is 0 Å². The molecule has 24 heavy (non-hydrogen) atoms. The molecule has 0 amide bonds. The molecule has 124 valence electrons. The van der Waals surface area contributed by atoms with Gasteiger partial charge in [-0.2, -0.15) is 0 Å². The Morgan fingerprint density at radius 1 is 0.917 bits per heavy atom. The second-order valence-electron chi connectivity index (χ2n) is 7.60. The van der Waals surface area contributed by atoms with Crippen LogP contribution in [0, 0.1) is 11.8 Å². The van der Waals surface area contributed by atoms with Gasteiger partial charge in [0.25, 0.3) is 0 Å². The highest BCUT2D eigenvalue weighted by atomic mass is 16.5. The lowest BCUT2D eigenvalue weighted by Gasteiger charge is -2.30. The summed E-state index contributed by atoms with van der Waals surface area (Å²) in [5, 5.41) is 2.72. The monoisotopic (exact) mass is 319 g/mol. The molecule has 2 bridgehead atoms. The van der Waals surface area contributed by atoms with Crippen molar-refractivity contribution in [1.82, 2.24) is 4.90 Å². The van der Waals surface area contributed by atoms with E-state index in [4.69, 9.17) is 4.74 Å². The van der Waals surface area contributed by atoms with Gasteiger partial charge in [0.05, 0.1) is 13.2 Å². The Bertz CT molecular complexity index is 787. The van der Waals surface area contributed by atoms with Crippen LogP contribution in [0.4, 0.5) is 0 Å². The Hall–Kier alpha value is -1.64. The summed E-state index contributed by atoms with van der Waals surface area (Å²) in [6.45, 7) is 5.13. The number of morpholine rings is 1. The SMILES string of the molecule is c1ccc2cc(C3=C(CN4CCOCC4)C4CCC3C4)ccc2c1. The second kappa shape index (κ2) is 6.02. The first-order valence-electron chi connectivity index (χ1n) is 9.41. The Morgan fingerprint density at radius 3 is 2.58 bits per heavy atom. The van der Waals surface area contributed by atoms with Crippen molar-refractivity contribution in [1.29, 1.82) is 0 Å². The number of fused-ring (bicyclic) bond motifs is 3. The molecule has 2 aliphatic carbocycles. The van der Waals surface area contributed by atoms with Gasteiger partial charge in [0, 0.05) is 19.6 Å². The Morgan fingerprint density at radius 2 is 1.71 bits per heavy atom. The second-order valence-corrected chi connectivity index (χ2v) is 7.60. The van der Waals surface area contributed by atoms with Crippen LogP contribution in [0.3, 0.4) is 0 Å². The van der Waals surface area contributed by atoms with Gasteiger partial charge in [-0.15, -0.1) is 0 Å². The molecule has 2 unspecified atom stereocenters. The molecule has 2 atom stereocenters. The summed E-state index contributed by atoms with van der Waals surface area (Å²) in [5.74, 6) is 1.63. The van der Waals surface area contributed by atoms with Gasteiger partial charge in [-0.3, -0.25) is 4.90 Å². The quantitative estimate of drug-likeness (QED) is 0.833. The Balaban J connectivity index is 1.53. The first-order valence-corrected chi connectivity index (χ1v) is 9.41. The van der Waals surface area contributed by atoms with Crippen molar-refractivity contribution in [2.45, 2.75) is 19.3 Å². The van der Waals surface area contributed by atoms with Crippen LogP contribution in [0.2, 0.25) is 0 Å². The molecule has 1 saturated heterocycles. The van der Waals surface area contributed by atoms with E-state index < -0.39 is 0 Å². The molecule has 1 aliphatic heterocycles. The number of benzene rings is 2. The van der Waals surface area contributed by atoms with Gasteiger partial charge in [0.15, 0.2) is 0 Å². The third-order valence-corrected chi connectivity index (χ3v) is 6.24. The molecule has 0 N–H and O–H groups in total. The minimum absolute atomic E-state index is 0.798. The number of nitrogens with zero attached hydrogens (tertiary/aromatic N) is 1. The molecular formula is C22H25NO. The lowest BCUT2D eigenvalue weighted by Crippen LogP contribution is -2.38. The molecule has 0 spiro atoms. The van der Waals surface area contributed by atoms with Crippen molar-refractivity contribution < 1.29 is 4.74 Å². The Labute approximate surface area is 144 Å². The first kappa shape index (κ1) is 14.7. The zero-order valence-electron chi connectivity index (χ0n) is 14.2. The molecule has 1 heterocycles. The van der Waals surface area contributed by atoms with Gasteiger partial charge in [-0.25, -0.2) is 0 Å². The normalized spacial score (nSPS) is 27.3. The van der Waals surface area contributed by atoms with Crippen LogP contribution >= 0.6 is 0 Å². The fourth-order valence-electron chi connectivity index (χ4n) is 5.03. The number of hydrogen-bond donors (Lipinski definition) is 0. The molecule has 2 heteroatoms. The smallest absolute Gasteiger partial charge is 0.0594 e. The van der Waals surface area contributed by atoms with Crippen LogP contribution in [0.5, 0.6) is 0 Å². The van der Waals surface area contributed by atoms with Crippen LogP contribution in [-0.4, -0.2) is 37.7 Å². The third kappa shape index (κ3) is 2.49. The summed E-state index contributed by atoms with van der Waals surface area (Å²) in [5.41, 5.74) is 4.90. The van der Waals surface area contributed by atoms with Gasteiger partial charge in [-0.05, 0) is 64.6 Å². The average Bonchev–Trinajstić information content (AvgIpc) is 3.24. The fraction of sp³-hybridized carbons (Fsp3) is 0.455. The van der Waals surface area contributed by atoms with Crippen molar-refractivity contribution >= 4 is 16.3 Å². The minimum Gasteiger partial charge on any atom is -0.379 e. The zero-order chi connectivity index (χ0) is 15.9. The van der Waals surface area contributed by atoms with Gasteiger partial charge in [0.2, 0.25) is 0 Å². The van der Waals surface area contributed by atoms with Gasteiger partial charge >= 0.3 is 0 Å². The summed E-state index contributed by atoms with van der Waals surface area (Å²) in [6.07, 6.45) is 4.18. The third-order valence-electron chi connectivity index (χ3n) is 6.24. The summed E-state index contributed by atoms with van der Waals surface area (Å²) < 4.78 is 5.53. The summed E-state index contributed by atoms with van der Waals surface area (Å²) in [7, 11) is 0. The van der Waals surface area contributed by atoms with Crippen LogP contribution in [0.1, 0.15) is 24.8 Å².